The van der Waals surface area contributed by atoms with E-state index in [9.17, 15) is 0 Å². The van der Waals surface area contributed by atoms with Gasteiger partial charge in [0.2, 0.25) is 0 Å². The number of para-hydroxylation sites is 3. The zero-order valence-corrected chi connectivity index (χ0v) is 26.1. The summed E-state index contributed by atoms with van der Waals surface area (Å²) >= 11 is 0. The van der Waals surface area contributed by atoms with Gasteiger partial charge in [-0.15, -0.1) is 0 Å². The zero-order chi connectivity index (χ0) is 30.2. The van der Waals surface area contributed by atoms with Crippen molar-refractivity contribution >= 4 is 49.6 Å². The molecule has 0 aliphatic heterocycles. The minimum Gasteiger partial charge on any atom is -0.310 e. The summed E-state index contributed by atoms with van der Waals surface area (Å²) in [5, 5.41) is 5.14. The monoisotopic (exact) mass is 594 g/mol. The van der Waals surface area contributed by atoms with E-state index in [2.05, 4.69) is 149 Å². The van der Waals surface area contributed by atoms with E-state index in [1.165, 1.54) is 93.9 Å². The van der Waals surface area contributed by atoms with E-state index in [1.54, 1.807) is 5.56 Å². The van der Waals surface area contributed by atoms with Gasteiger partial charge in [0.05, 0.1) is 16.7 Å². The molecule has 1 heterocycles. The van der Waals surface area contributed by atoms with E-state index in [0.717, 1.165) is 17.8 Å². The first-order chi connectivity index (χ1) is 22.7. The highest BCUT2D eigenvalue weighted by Gasteiger charge is 2.51. The fraction of sp³-hybridized carbons (Fsp3) is 0.227. The van der Waals surface area contributed by atoms with Crippen LogP contribution in [-0.4, -0.2) is 4.57 Å². The molecule has 1 aromatic heterocycles. The second-order valence-electron chi connectivity index (χ2n) is 14.4. The van der Waals surface area contributed by atoms with Crippen molar-refractivity contribution in [3.63, 3.8) is 0 Å². The number of fused-ring (bicyclic) bond motifs is 5. The Balaban J connectivity index is 1.15. The van der Waals surface area contributed by atoms with Gasteiger partial charge >= 0.3 is 0 Å². The molecular formula is C44H38N2. The highest BCUT2D eigenvalue weighted by molar-refractivity contribution is 6.23. The van der Waals surface area contributed by atoms with Crippen LogP contribution < -0.4 is 4.90 Å². The Bertz CT molecular complexity index is 2190. The van der Waals surface area contributed by atoms with Crippen LogP contribution in [0.4, 0.5) is 17.1 Å². The number of anilines is 3. The maximum atomic E-state index is 2.48. The molecule has 46 heavy (non-hydrogen) atoms. The lowest BCUT2D eigenvalue weighted by Gasteiger charge is -2.57. The lowest BCUT2D eigenvalue weighted by Crippen LogP contribution is -2.48. The molecule has 4 fully saturated rings. The van der Waals surface area contributed by atoms with Crippen molar-refractivity contribution in [1.29, 1.82) is 0 Å². The number of aromatic nitrogens is 1. The van der Waals surface area contributed by atoms with Crippen LogP contribution in [-0.2, 0) is 5.41 Å². The van der Waals surface area contributed by atoms with Gasteiger partial charge < -0.3 is 9.47 Å². The quantitative estimate of drug-likeness (QED) is 0.192. The molecule has 2 heteroatoms. The molecule has 0 amide bonds. The summed E-state index contributed by atoms with van der Waals surface area (Å²) in [6.45, 7) is 0. The Hall–Kier alpha value is -4.82. The van der Waals surface area contributed by atoms with Crippen molar-refractivity contribution < 1.29 is 0 Å². The Morgan fingerprint density at radius 1 is 0.478 bits per heavy atom. The molecule has 4 aliphatic rings. The third-order valence-corrected chi connectivity index (χ3v) is 11.7. The average Bonchev–Trinajstić information content (AvgIpc) is 3.44. The number of benzene rings is 6. The third-order valence-electron chi connectivity index (χ3n) is 11.7. The Morgan fingerprint density at radius 2 is 1.09 bits per heavy atom. The molecule has 0 unspecified atom stereocenters. The lowest BCUT2D eigenvalue weighted by atomic mass is 9.48. The summed E-state index contributed by atoms with van der Waals surface area (Å²) in [5.74, 6) is 2.85. The van der Waals surface area contributed by atoms with E-state index in [4.69, 9.17) is 0 Å². The SMILES string of the molecule is c1ccc(N(c2ccc(C34CC5CC(CC(C5)C3)C4)cc2)c2cccc3c2ccc2c3c3ccccc3n2-c2ccccc2)cc1. The van der Waals surface area contributed by atoms with Crippen LogP contribution in [0.2, 0.25) is 0 Å². The van der Waals surface area contributed by atoms with Crippen molar-refractivity contribution in [3.05, 3.63) is 145 Å². The summed E-state index contributed by atoms with van der Waals surface area (Å²) in [4.78, 5) is 2.47. The largest absolute Gasteiger partial charge is 0.310 e. The topological polar surface area (TPSA) is 8.17 Å². The van der Waals surface area contributed by atoms with Crippen LogP contribution in [0.15, 0.2) is 140 Å². The predicted octanol–water partition coefficient (Wildman–Crippen LogP) is 11.9. The normalized spacial score (nSPS) is 23.4. The van der Waals surface area contributed by atoms with Gasteiger partial charge in [-0.05, 0) is 127 Å². The average molecular weight is 595 g/mol. The summed E-state index contributed by atoms with van der Waals surface area (Å²) in [7, 11) is 0. The smallest absolute Gasteiger partial charge is 0.0547 e. The summed E-state index contributed by atoms with van der Waals surface area (Å²) < 4.78 is 2.41. The minimum atomic E-state index is 0.406. The molecule has 6 aromatic carbocycles. The Kier molecular flexibility index (Phi) is 5.79. The van der Waals surface area contributed by atoms with Gasteiger partial charge in [-0.1, -0.05) is 84.9 Å². The first-order valence-electron chi connectivity index (χ1n) is 17.2. The van der Waals surface area contributed by atoms with Crippen LogP contribution in [0.1, 0.15) is 44.1 Å². The van der Waals surface area contributed by atoms with Crippen LogP contribution >= 0.6 is 0 Å². The molecule has 4 saturated carbocycles. The third kappa shape index (κ3) is 3.95. The van der Waals surface area contributed by atoms with Gasteiger partial charge in [0.15, 0.2) is 0 Å². The second kappa shape index (κ2) is 10.1. The van der Waals surface area contributed by atoms with Crippen molar-refractivity contribution in [2.45, 2.75) is 43.9 Å². The number of hydrogen-bond donors (Lipinski definition) is 0. The van der Waals surface area contributed by atoms with Crippen LogP contribution in [0, 0.1) is 17.8 Å². The van der Waals surface area contributed by atoms with Gasteiger partial charge in [-0.25, -0.2) is 0 Å². The molecule has 2 nitrogen and oxygen atoms in total. The Morgan fingerprint density at radius 3 is 1.80 bits per heavy atom. The molecule has 4 bridgehead atoms. The van der Waals surface area contributed by atoms with Gasteiger partial charge in [0.1, 0.15) is 0 Å². The maximum Gasteiger partial charge on any atom is 0.0547 e. The van der Waals surface area contributed by atoms with E-state index >= 15 is 0 Å². The van der Waals surface area contributed by atoms with Crippen LogP contribution in [0.25, 0.3) is 38.3 Å². The van der Waals surface area contributed by atoms with Crippen LogP contribution in [0.3, 0.4) is 0 Å². The minimum absolute atomic E-state index is 0.406. The molecule has 4 aliphatic carbocycles. The molecular weight excluding hydrogens is 556 g/mol. The summed E-state index contributed by atoms with van der Waals surface area (Å²) in [6, 6.07) is 51.8. The summed E-state index contributed by atoms with van der Waals surface area (Å²) in [5.41, 5.74) is 9.27. The highest BCUT2D eigenvalue weighted by atomic mass is 15.1. The zero-order valence-electron chi connectivity index (χ0n) is 26.1. The van der Waals surface area contributed by atoms with E-state index in [0.29, 0.717) is 5.41 Å². The first-order valence-corrected chi connectivity index (χ1v) is 17.2. The van der Waals surface area contributed by atoms with E-state index in [1.807, 2.05) is 0 Å². The van der Waals surface area contributed by atoms with Crippen molar-refractivity contribution in [1.82, 2.24) is 4.57 Å². The molecule has 0 atom stereocenters. The molecule has 11 rings (SSSR count). The van der Waals surface area contributed by atoms with E-state index in [-0.39, 0.29) is 0 Å². The molecule has 0 saturated heterocycles. The fourth-order valence-corrected chi connectivity index (χ4v) is 10.3. The van der Waals surface area contributed by atoms with Crippen molar-refractivity contribution in [2.24, 2.45) is 17.8 Å². The molecule has 0 N–H and O–H groups in total. The predicted molar refractivity (Wildman–Crippen MR) is 193 cm³/mol. The number of nitrogens with zero attached hydrogens (tertiary/aromatic N) is 2. The van der Waals surface area contributed by atoms with Gasteiger partial charge in [0, 0.05) is 33.2 Å². The maximum absolute atomic E-state index is 2.48. The van der Waals surface area contributed by atoms with E-state index < -0.39 is 0 Å². The van der Waals surface area contributed by atoms with Gasteiger partial charge in [-0.2, -0.15) is 0 Å². The lowest BCUT2D eigenvalue weighted by molar-refractivity contribution is -0.00518. The molecule has 224 valence electrons. The van der Waals surface area contributed by atoms with Crippen molar-refractivity contribution in [2.75, 3.05) is 4.90 Å². The standard InChI is InChI=1S/C44H38N2/c1-3-10-34(11-4-1)45(36-20-18-33(19-21-36)44-27-30-24-31(28-44)26-32(25-30)29-44)40-17-9-15-38-37(40)22-23-42-43(38)39-14-7-8-16-41(39)46(42)35-12-5-2-6-13-35/h1-23,30-32H,24-29H2. The van der Waals surface area contributed by atoms with Crippen molar-refractivity contribution in [3.8, 4) is 5.69 Å². The fourth-order valence-electron chi connectivity index (χ4n) is 10.3. The van der Waals surface area contributed by atoms with Gasteiger partial charge in [0.25, 0.3) is 0 Å². The number of hydrogen-bond acceptors (Lipinski definition) is 1. The Labute approximate surface area is 270 Å². The molecule has 0 spiro atoms. The van der Waals surface area contributed by atoms with Gasteiger partial charge in [-0.3, -0.25) is 0 Å². The number of rotatable bonds is 5. The molecule has 7 aromatic rings. The van der Waals surface area contributed by atoms with Crippen LogP contribution in [0.5, 0.6) is 0 Å². The summed E-state index contributed by atoms with van der Waals surface area (Å²) in [6.07, 6.45) is 8.65. The molecule has 0 radical (unpaired) electrons. The first kappa shape index (κ1) is 26.4. The highest BCUT2D eigenvalue weighted by Crippen LogP contribution is 2.61. The second-order valence-corrected chi connectivity index (χ2v) is 14.4.